The van der Waals surface area contributed by atoms with E-state index in [1.165, 1.54) is 0 Å². The fourth-order valence-electron chi connectivity index (χ4n) is 4.00. The third-order valence-corrected chi connectivity index (χ3v) is 5.19. The summed E-state index contributed by atoms with van der Waals surface area (Å²) in [6.07, 6.45) is 1.51. The monoisotopic (exact) mass is 373 g/mol. The van der Waals surface area contributed by atoms with Crippen LogP contribution in [0.2, 0.25) is 5.02 Å². The summed E-state index contributed by atoms with van der Waals surface area (Å²) in [6, 6.07) is 11.2. The Balaban J connectivity index is 2.19. The summed E-state index contributed by atoms with van der Waals surface area (Å²) in [5.41, 5.74) is 4.27. The van der Waals surface area contributed by atoms with Crippen LogP contribution >= 0.6 is 11.6 Å². The highest BCUT2D eigenvalue weighted by Gasteiger charge is 2.38. The van der Waals surface area contributed by atoms with Gasteiger partial charge in [-0.25, -0.2) is 0 Å². The summed E-state index contributed by atoms with van der Waals surface area (Å²) in [7, 11) is 1.63. The van der Waals surface area contributed by atoms with Crippen LogP contribution in [0.25, 0.3) is 0 Å². The van der Waals surface area contributed by atoms with E-state index < -0.39 is 12.0 Å². The third-order valence-electron chi connectivity index (χ3n) is 4.96. The second-order valence-corrected chi connectivity index (χ2v) is 7.38. The van der Waals surface area contributed by atoms with Crippen LogP contribution in [0.4, 0.5) is 0 Å². The molecule has 0 aliphatic carbocycles. The van der Waals surface area contributed by atoms with Gasteiger partial charge in [0.2, 0.25) is 0 Å². The molecule has 2 atom stereocenters. The number of hydrogen-bond acceptors (Lipinski definition) is 3. The number of hydrogen-bond donors (Lipinski definition) is 1. The SMILES string of the molecule is COc1ccc(Cl)cc1C(c1cc(C)cc(C)c1)N1CCCC1C(=O)O. The smallest absolute Gasteiger partial charge is 0.320 e. The molecule has 4 nitrogen and oxygen atoms in total. The maximum absolute atomic E-state index is 11.8. The Kier molecular flexibility index (Phi) is 5.54. The summed E-state index contributed by atoms with van der Waals surface area (Å²) in [5.74, 6) is -0.0625. The van der Waals surface area contributed by atoms with Crippen molar-refractivity contribution in [3.8, 4) is 5.75 Å². The van der Waals surface area contributed by atoms with Crippen molar-refractivity contribution in [2.75, 3.05) is 13.7 Å². The minimum Gasteiger partial charge on any atom is -0.496 e. The number of nitrogens with zero attached hydrogens (tertiary/aromatic N) is 1. The molecule has 5 heteroatoms. The van der Waals surface area contributed by atoms with Gasteiger partial charge in [-0.05, 0) is 50.5 Å². The molecule has 0 saturated carbocycles. The molecule has 2 aromatic carbocycles. The molecule has 1 fully saturated rings. The van der Waals surface area contributed by atoms with Gasteiger partial charge in [-0.3, -0.25) is 9.69 Å². The molecule has 0 aromatic heterocycles. The Morgan fingerprint density at radius 1 is 1.23 bits per heavy atom. The first-order valence-corrected chi connectivity index (χ1v) is 9.18. The average molecular weight is 374 g/mol. The number of benzene rings is 2. The number of rotatable bonds is 5. The first kappa shape index (κ1) is 18.7. The predicted molar refractivity (Wildman–Crippen MR) is 103 cm³/mol. The summed E-state index contributed by atoms with van der Waals surface area (Å²) < 4.78 is 5.59. The molecule has 0 spiro atoms. The summed E-state index contributed by atoms with van der Waals surface area (Å²) in [6.45, 7) is 4.84. The van der Waals surface area contributed by atoms with E-state index in [-0.39, 0.29) is 6.04 Å². The highest BCUT2D eigenvalue weighted by Crippen LogP contribution is 2.40. The normalized spacial score (nSPS) is 18.7. The molecule has 26 heavy (non-hydrogen) atoms. The lowest BCUT2D eigenvalue weighted by Gasteiger charge is -2.33. The van der Waals surface area contributed by atoms with E-state index in [0.717, 1.165) is 41.0 Å². The molecule has 1 saturated heterocycles. The van der Waals surface area contributed by atoms with Gasteiger partial charge in [-0.2, -0.15) is 0 Å². The van der Waals surface area contributed by atoms with Gasteiger partial charge in [0.25, 0.3) is 0 Å². The molecule has 1 aliphatic rings. The zero-order chi connectivity index (χ0) is 18.8. The summed E-state index contributed by atoms with van der Waals surface area (Å²) in [4.78, 5) is 13.9. The van der Waals surface area contributed by atoms with Crippen LogP contribution in [0.15, 0.2) is 36.4 Å². The quantitative estimate of drug-likeness (QED) is 0.831. The highest BCUT2D eigenvalue weighted by atomic mass is 35.5. The lowest BCUT2D eigenvalue weighted by atomic mass is 9.93. The maximum atomic E-state index is 11.8. The van der Waals surface area contributed by atoms with E-state index in [1.54, 1.807) is 13.2 Å². The van der Waals surface area contributed by atoms with Crippen LogP contribution in [0.1, 0.15) is 41.1 Å². The van der Waals surface area contributed by atoms with E-state index in [2.05, 4.69) is 36.9 Å². The number of halogens is 1. The number of ether oxygens (including phenoxy) is 1. The fourth-order valence-corrected chi connectivity index (χ4v) is 4.18. The number of aryl methyl sites for hydroxylation is 2. The van der Waals surface area contributed by atoms with Crippen LogP contribution < -0.4 is 4.74 Å². The molecule has 138 valence electrons. The predicted octanol–water partition coefficient (Wildman–Crippen LogP) is 4.60. The van der Waals surface area contributed by atoms with Crippen molar-refractivity contribution in [2.45, 2.75) is 38.8 Å². The molecular formula is C21H24ClNO3. The maximum Gasteiger partial charge on any atom is 0.320 e. The second-order valence-electron chi connectivity index (χ2n) is 6.94. The van der Waals surface area contributed by atoms with Gasteiger partial charge >= 0.3 is 5.97 Å². The van der Waals surface area contributed by atoms with E-state index in [0.29, 0.717) is 11.4 Å². The summed E-state index contributed by atoms with van der Waals surface area (Å²) >= 11 is 6.28. The van der Waals surface area contributed by atoms with E-state index in [4.69, 9.17) is 16.3 Å². The lowest BCUT2D eigenvalue weighted by molar-refractivity contribution is -0.142. The van der Waals surface area contributed by atoms with Gasteiger partial charge in [0, 0.05) is 17.1 Å². The van der Waals surface area contributed by atoms with Gasteiger partial charge < -0.3 is 9.84 Å². The first-order chi connectivity index (χ1) is 12.4. The number of aliphatic carboxylic acids is 1. The largest absolute Gasteiger partial charge is 0.496 e. The Morgan fingerprint density at radius 2 is 1.92 bits per heavy atom. The molecule has 1 heterocycles. The van der Waals surface area contributed by atoms with Gasteiger partial charge in [-0.15, -0.1) is 0 Å². The Bertz CT molecular complexity index is 801. The van der Waals surface area contributed by atoms with Crippen molar-refractivity contribution >= 4 is 17.6 Å². The second kappa shape index (κ2) is 7.68. The van der Waals surface area contributed by atoms with Crippen molar-refractivity contribution in [2.24, 2.45) is 0 Å². The minimum absolute atomic E-state index is 0.217. The number of carboxylic acid groups (broad SMARTS) is 1. The van der Waals surface area contributed by atoms with Crippen molar-refractivity contribution in [1.29, 1.82) is 0 Å². The van der Waals surface area contributed by atoms with E-state index >= 15 is 0 Å². The topological polar surface area (TPSA) is 49.8 Å². The standard InChI is InChI=1S/C21H24ClNO3/c1-13-9-14(2)11-15(10-13)20(23-8-4-5-18(23)21(24)25)17-12-16(22)6-7-19(17)26-3/h6-7,9-12,18,20H,4-5,8H2,1-3H3,(H,24,25). The van der Waals surface area contributed by atoms with Gasteiger partial charge in [-0.1, -0.05) is 40.9 Å². The van der Waals surface area contributed by atoms with Crippen LogP contribution in [-0.4, -0.2) is 35.7 Å². The number of carboxylic acids is 1. The molecule has 3 rings (SSSR count). The average Bonchev–Trinajstić information content (AvgIpc) is 3.04. The fraction of sp³-hybridized carbons (Fsp3) is 0.381. The third kappa shape index (κ3) is 3.71. The van der Waals surface area contributed by atoms with E-state index in [9.17, 15) is 9.90 Å². The zero-order valence-corrected chi connectivity index (χ0v) is 16.1. The molecule has 2 unspecified atom stereocenters. The number of carbonyl (C=O) groups is 1. The van der Waals surface area contributed by atoms with Crippen LogP contribution in [0, 0.1) is 13.8 Å². The van der Waals surface area contributed by atoms with Crippen LogP contribution in [0.5, 0.6) is 5.75 Å². The Labute approximate surface area is 159 Å². The van der Waals surface area contributed by atoms with Crippen molar-refractivity contribution in [1.82, 2.24) is 4.90 Å². The van der Waals surface area contributed by atoms with Crippen LogP contribution in [0.3, 0.4) is 0 Å². The Morgan fingerprint density at radius 3 is 2.54 bits per heavy atom. The molecule has 2 aromatic rings. The number of likely N-dealkylation sites (tertiary alicyclic amines) is 1. The summed E-state index contributed by atoms with van der Waals surface area (Å²) in [5, 5.41) is 10.3. The van der Waals surface area contributed by atoms with Gasteiger partial charge in [0.15, 0.2) is 0 Å². The molecule has 1 aliphatic heterocycles. The Hall–Kier alpha value is -2.04. The van der Waals surface area contributed by atoms with Crippen molar-refractivity contribution in [3.63, 3.8) is 0 Å². The zero-order valence-electron chi connectivity index (χ0n) is 15.3. The molecular weight excluding hydrogens is 350 g/mol. The van der Waals surface area contributed by atoms with Gasteiger partial charge in [0.05, 0.1) is 13.2 Å². The van der Waals surface area contributed by atoms with Crippen molar-refractivity contribution < 1.29 is 14.6 Å². The van der Waals surface area contributed by atoms with E-state index in [1.807, 2.05) is 12.1 Å². The minimum atomic E-state index is -0.780. The highest BCUT2D eigenvalue weighted by molar-refractivity contribution is 6.30. The van der Waals surface area contributed by atoms with Crippen LogP contribution in [-0.2, 0) is 4.79 Å². The first-order valence-electron chi connectivity index (χ1n) is 8.81. The van der Waals surface area contributed by atoms with Gasteiger partial charge in [0.1, 0.15) is 11.8 Å². The van der Waals surface area contributed by atoms with Crippen molar-refractivity contribution in [3.05, 3.63) is 63.7 Å². The molecule has 0 bridgehead atoms. The number of methoxy groups -OCH3 is 1. The molecule has 0 amide bonds. The lowest BCUT2D eigenvalue weighted by Crippen LogP contribution is -2.39. The molecule has 1 N–H and O–H groups in total. The molecule has 0 radical (unpaired) electrons.